The van der Waals surface area contributed by atoms with Gasteiger partial charge < -0.3 is 28.0 Å². The SMILES string of the molecule is C[B]I.Clc1nc(-c2ccccc2)nc(-c2ccccc2)n1.OB(O)c1ccccc1-n1c2cccc3c4cccc5c6ccccc6n(c6cccc1c6c32)c45.c1ccc(-c2nc(-c3ccccc3)nc(-c3ccccc3-n3c4cccc5c6cccc7c8ccccc8n(c8cccc3c8c54)c67)n2)cc1. The molecule has 0 atom stereocenters. The van der Waals surface area contributed by atoms with Gasteiger partial charge in [-0.1, -0.05) is 268 Å². The third kappa shape index (κ3) is 10.9. The Hall–Kier alpha value is -12.6. The van der Waals surface area contributed by atoms with Gasteiger partial charge in [0, 0.05) is 92.8 Å². The minimum atomic E-state index is -1.56. The molecule has 0 unspecified atom stereocenters. The molecule has 8 aromatic heterocycles. The molecular formula is C91H59B2ClIN10O2. The molecule has 0 aliphatic heterocycles. The molecule has 2 N–H and O–H groups in total. The fourth-order valence-electron chi connectivity index (χ4n) is 16.0. The zero-order valence-electron chi connectivity index (χ0n) is 57.5. The molecule has 0 amide bonds. The van der Waals surface area contributed by atoms with E-state index in [0.29, 0.717) is 34.6 Å². The molecule has 0 aliphatic carbocycles. The predicted molar refractivity (Wildman–Crippen MR) is 452 cm³/mol. The number of halogens is 2. The summed E-state index contributed by atoms with van der Waals surface area (Å²) < 4.78 is 9.45. The minimum Gasteiger partial charge on any atom is -0.423 e. The first-order valence-electron chi connectivity index (χ1n) is 35.3. The highest BCUT2D eigenvalue weighted by atomic mass is 127. The van der Waals surface area contributed by atoms with Crippen molar-refractivity contribution >= 4 is 171 Å². The molecule has 1 radical (unpaired) electrons. The molecule has 0 aliphatic rings. The maximum absolute atomic E-state index is 10.2. The molecule has 22 aromatic rings. The number of fused-ring (bicyclic) bond motifs is 10. The topological polar surface area (TPSA) is 136 Å². The number of hydrogen-bond donors (Lipinski definition) is 2. The van der Waals surface area contributed by atoms with E-state index >= 15 is 0 Å². The van der Waals surface area contributed by atoms with Gasteiger partial charge in [0.25, 0.3) is 0 Å². The van der Waals surface area contributed by atoms with Crippen molar-refractivity contribution in [1.29, 1.82) is 0 Å². The Morgan fingerprint density at radius 3 is 1.02 bits per heavy atom. The molecule has 0 bridgehead atoms. The summed E-state index contributed by atoms with van der Waals surface area (Å²) in [7, 11) is -1.56. The van der Waals surface area contributed by atoms with Crippen LogP contribution in [0.25, 0.3) is 188 Å². The molecule has 12 nitrogen and oxygen atoms in total. The third-order valence-corrected chi connectivity index (χ3v) is 20.4. The molecule has 8 heterocycles. The van der Waals surface area contributed by atoms with Gasteiger partial charge in [0.05, 0.1) is 60.9 Å². The van der Waals surface area contributed by atoms with E-state index in [1.807, 2.05) is 151 Å². The Balaban J connectivity index is 0.000000118. The van der Waals surface area contributed by atoms with Gasteiger partial charge in [-0.25, -0.2) is 19.9 Å². The van der Waals surface area contributed by atoms with Crippen LogP contribution < -0.4 is 5.46 Å². The van der Waals surface area contributed by atoms with E-state index in [1.165, 1.54) is 92.2 Å². The first kappa shape index (κ1) is 65.2. The molecule has 505 valence electrons. The van der Waals surface area contributed by atoms with Crippen molar-refractivity contribution in [1.82, 2.24) is 47.8 Å². The maximum Gasteiger partial charge on any atom is 0.490 e. The van der Waals surface area contributed by atoms with Gasteiger partial charge in [0.1, 0.15) is 0 Å². The molecule has 0 fully saturated rings. The average molecular weight is 1510 g/mol. The maximum atomic E-state index is 10.2. The van der Waals surface area contributed by atoms with Crippen LogP contribution in [0.4, 0.5) is 0 Å². The summed E-state index contributed by atoms with van der Waals surface area (Å²) in [6.07, 6.45) is 0. The van der Waals surface area contributed by atoms with Gasteiger partial charge in [-0.3, -0.25) is 0 Å². The van der Waals surface area contributed by atoms with E-state index < -0.39 is 7.12 Å². The van der Waals surface area contributed by atoms with Crippen LogP contribution in [0.15, 0.2) is 328 Å². The molecule has 0 saturated heterocycles. The normalized spacial score (nSPS) is 11.6. The lowest BCUT2D eigenvalue weighted by atomic mass is 9.79. The fraction of sp³-hybridized carbons (Fsp3) is 0.0110. The Morgan fingerprint density at radius 2 is 0.579 bits per heavy atom. The molecule has 0 spiro atoms. The van der Waals surface area contributed by atoms with Crippen molar-refractivity contribution in [3.05, 3.63) is 333 Å². The number of para-hydroxylation sites is 6. The van der Waals surface area contributed by atoms with Crippen LogP contribution in [0, 0.1) is 0 Å². The third-order valence-electron chi connectivity index (χ3n) is 20.3. The number of rotatable bonds is 8. The first-order valence-corrected chi connectivity index (χ1v) is 36.9. The minimum absolute atomic E-state index is 0.202. The van der Waals surface area contributed by atoms with Crippen molar-refractivity contribution < 1.29 is 10.0 Å². The number of aromatic nitrogens is 10. The van der Waals surface area contributed by atoms with E-state index in [4.69, 9.17) is 26.6 Å². The van der Waals surface area contributed by atoms with Gasteiger partial charge in [0.2, 0.25) is 5.28 Å². The lowest BCUT2D eigenvalue weighted by Gasteiger charge is -2.15. The standard InChI is InChI=1S/C45H27N5.C30H19BN2O2.C15H10ClN3.CH3BI/c1-3-14-28(15-4-1)43-46-44(29-16-5-2-6-17-29)48-45(47-43)34-19-8-10-24-36(34)49-37-25-12-20-31-33-22-11-21-32-30-18-7-9-23-35(30)50(42(32)33)39-27-13-26-38(49)41(39)40(31)37;34-31(35)22-12-2-4-14-24(22)32-25-15-6-9-19-21-11-5-10-20-18-8-1-3-13-23(18)33(30(20)21)27-17-7-16-26(32)29(27)28(19)25;16-15-18-13(11-7-3-1-4-8-11)17-14(19-15)12-9-5-2-6-10-12;1-2-3/h1-27H;1-17,34-35H;1-10H;1H3. The van der Waals surface area contributed by atoms with E-state index in [0.717, 1.165) is 66.8 Å². The second-order valence-electron chi connectivity index (χ2n) is 26.2. The van der Waals surface area contributed by atoms with E-state index in [9.17, 15) is 10.0 Å². The van der Waals surface area contributed by atoms with Crippen LogP contribution in [-0.4, -0.2) is 70.1 Å². The highest BCUT2D eigenvalue weighted by Crippen LogP contribution is 2.47. The summed E-state index contributed by atoms with van der Waals surface area (Å²) in [4.78, 5) is 28.0. The van der Waals surface area contributed by atoms with Crippen LogP contribution in [0.5, 0.6) is 0 Å². The molecular weight excluding hydrogens is 1450 g/mol. The van der Waals surface area contributed by atoms with Crippen LogP contribution in [0.3, 0.4) is 0 Å². The van der Waals surface area contributed by atoms with Crippen LogP contribution in [0.1, 0.15) is 0 Å². The average Bonchev–Trinajstić information content (AvgIpc) is 1.54. The molecule has 22 rings (SSSR count). The summed E-state index contributed by atoms with van der Waals surface area (Å²) in [5, 5.41) is 37.2. The summed E-state index contributed by atoms with van der Waals surface area (Å²) in [5.41, 5.74) is 18.5. The van der Waals surface area contributed by atoms with Gasteiger partial charge >= 0.3 is 7.12 Å². The van der Waals surface area contributed by atoms with Crippen molar-refractivity contribution in [2.75, 3.05) is 0 Å². The van der Waals surface area contributed by atoms with E-state index in [-0.39, 0.29) is 5.28 Å². The summed E-state index contributed by atoms with van der Waals surface area (Å²) in [5.74, 6) is 3.08. The van der Waals surface area contributed by atoms with Crippen molar-refractivity contribution in [3.63, 3.8) is 0 Å². The van der Waals surface area contributed by atoms with Gasteiger partial charge in [-0.2, -0.15) is 32.3 Å². The highest BCUT2D eigenvalue weighted by Gasteiger charge is 2.27. The predicted octanol–water partition coefficient (Wildman–Crippen LogP) is 21.7. The Kier molecular flexibility index (Phi) is 16.5. The zero-order chi connectivity index (χ0) is 71.8. The van der Waals surface area contributed by atoms with Crippen LogP contribution in [0.2, 0.25) is 12.1 Å². The first-order chi connectivity index (χ1) is 52.8. The quantitative estimate of drug-likeness (QED) is 0.113. The lowest BCUT2D eigenvalue weighted by Crippen LogP contribution is -2.33. The second kappa shape index (κ2) is 27.1. The number of benzene rings is 14. The summed E-state index contributed by atoms with van der Waals surface area (Å²) in [6, 6.07) is 113. The Labute approximate surface area is 632 Å². The summed E-state index contributed by atoms with van der Waals surface area (Å²) >= 11 is 8.15. The largest absolute Gasteiger partial charge is 0.490 e. The van der Waals surface area contributed by atoms with Crippen LogP contribution >= 0.6 is 34.0 Å². The summed E-state index contributed by atoms with van der Waals surface area (Å²) in [6.45, 7) is 1.99. The molecule has 14 aromatic carbocycles. The number of hydrogen-bond acceptors (Lipinski definition) is 8. The van der Waals surface area contributed by atoms with Crippen molar-refractivity contribution in [2.24, 2.45) is 0 Å². The van der Waals surface area contributed by atoms with Gasteiger partial charge in [-0.15, -0.1) is 0 Å². The van der Waals surface area contributed by atoms with E-state index in [2.05, 4.69) is 237 Å². The smallest absolute Gasteiger partial charge is 0.423 e. The Bertz CT molecular complexity index is 7020. The highest BCUT2D eigenvalue weighted by molar-refractivity contribution is 14.1. The fourth-order valence-corrected chi connectivity index (χ4v) is 16.1. The zero-order valence-corrected chi connectivity index (χ0v) is 60.4. The van der Waals surface area contributed by atoms with Gasteiger partial charge in [-0.05, 0) is 89.1 Å². The number of nitrogens with zero attached hydrogens (tertiary/aromatic N) is 10. The lowest BCUT2D eigenvalue weighted by molar-refractivity contribution is 0.425. The Morgan fingerprint density at radius 1 is 0.290 bits per heavy atom. The van der Waals surface area contributed by atoms with Crippen LogP contribution in [-0.2, 0) is 0 Å². The van der Waals surface area contributed by atoms with E-state index in [1.54, 1.807) is 6.07 Å². The van der Waals surface area contributed by atoms with Gasteiger partial charge in [0.15, 0.2) is 34.3 Å². The molecule has 0 saturated carbocycles. The molecule has 16 heteroatoms. The molecule has 107 heavy (non-hydrogen) atoms. The monoisotopic (exact) mass is 1510 g/mol. The second-order valence-corrected chi connectivity index (χ2v) is 27.8. The van der Waals surface area contributed by atoms with Crippen molar-refractivity contribution in [3.8, 4) is 68.3 Å². The van der Waals surface area contributed by atoms with Crippen molar-refractivity contribution in [2.45, 2.75) is 6.82 Å².